The van der Waals surface area contributed by atoms with Gasteiger partial charge in [-0.05, 0) is 76.1 Å². The van der Waals surface area contributed by atoms with Gasteiger partial charge in [-0.3, -0.25) is 0 Å². The van der Waals surface area contributed by atoms with Gasteiger partial charge in [0, 0.05) is 11.1 Å². The fourth-order valence-corrected chi connectivity index (χ4v) is 4.06. The molecule has 1 aromatic rings. The summed E-state index contributed by atoms with van der Waals surface area (Å²) in [5, 5.41) is 3.75. The molecule has 0 aromatic heterocycles. The molecule has 0 atom stereocenters. The first kappa shape index (κ1) is 16.2. The quantitative estimate of drug-likeness (QED) is 0.831. The molecule has 0 aliphatic carbocycles. The van der Waals surface area contributed by atoms with Crippen molar-refractivity contribution in [2.75, 3.05) is 12.8 Å². The van der Waals surface area contributed by atoms with E-state index in [2.05, 4.69) is 52.1 Å². The van der Waals surface area contributed by atoms with Gasteiger partial charge in [0.1, 0.15) is 5.75 Å². The number of nitrogens with one attached hydrogen (secondary N) is 1. The van der Waals surface area contributed by atoms with Gasteiger partial charge < -0.3 is 15.8 Å². The van der Waals surface area contributed by atoms with Crippen molar-refractivity contribution in [3.05, 3.63) is 23.3 Å². The van der Waals surface area contributed by atoms with Crippen molar-refractivity contribution in [1.82, 2.24) is 5.32 Å². The monoisotopic (exact) mass is 290 g/mol. The van der Waals surface area contributed by atoms with Crippen LogP contribution in [-0.4, -0.2) is 18.2 Å². The number of piperidine rings is 1. The average molecular weight is 290 g/mol. The minimum atomic E-state index is 0.145. The summed E-state index contributed by atoms with van der Waals surface area (Å²) >= 11 is 0. The third kappa shape index (κ3) is 3.52. The van der Waals surface area contributed by atoms with E-state index in [1.165, 1.54) is 11.1 Å². The molecule has 2 rings (SSSR count). The number of aryl methyl sites for hydroxylation is 1. The van der Waals surface area contributed by atoms with Crippen LogP contribution in [0.5, 0.6) is 5.75 Å². The third-order valence-corrected chi connectivity index (χ3v) is 4.50. The SMILES string of the molecule is CCc1cc(N)c(OC)cc1C1CC(C)(C)NC(C)(C)C1. The normalized spacial score (nSPS) is 21.2. The van der Waals surface area contributed by atoms with Crippen LogP contribution in [0, 0.1) is 0 Å². The van der Waals surface area contributed by atoms with Crippen LogP contribution in [-0.2, 0) is 6.42 Å². The molecular weight excluding hydrogens is 260 g/mol. The molecule has 0 saturated carbocycles. The van der Waals surface area contributed by atoms with Crippen LogP contribution < -0.4 is 15.8 Å². The van der Waals surface area contributed by atoms with Gasteiger partial charge in [-0.15, -0.1) is 0 Å². The maximum absolute atomic E-state index is 6.08. The predicted molar refractivity (Wildman–Crippen MR) is 90.1 cm³/mol. The van der Waals surface area contributed by atoms with Crippen molar-refractivity contribution in [3.63, 3.8) is 0 Å². The second-order valence-electron chi connectivity index (χ2n) is 7.64. The average Bonchev–Trinajstić information content (AvgIpc) is 2.34. The highest BCUT2D eigenvalue weighted by Crippen LogP contribution is 2.42. The van der Waals surface area contributed by atoms with Crippen LogP contribution in [0.4, 0.5) is 5.69 Å². The Morgan fingerprint density at radius 2 is 1.76 bits per heavy atom. The molecule has 0 unspecified atom stereocenters. The van der Waals surface area contributed by atoms with Gasteiger partial charge in [0.15, 0.2) is 0 Å². The summed E-state index contributed by atoms with van der Waals surface area (Å²) < 4.78 is 5.44. The van der Waals surface area contributed by atoms with Crippen molar-refractivity contribution < 1.29 is 4.74 Å². The van der Waals surface area contributed by atoms with Crippen molar-refractivity contribution >= 4 is 5.69 Å². The van der Waals surface area contributed by atoms with Crippen LogP contribution in [0.15, 0.2) is 12.1 Å². The second kappa shape index (κ2) is 5.53. The van der Waals surface area contributed by atoms with E-state index in [4.69, 9.17) is 10.5 Å². The molecule has 1 aromatic carbocycles. The number of hydrogen-bond acceptors (Lipinski definition) is 3. The van der Waals surface area contributed by atoms with E-state index in [-0.39, 0.29) is 11.1 Å². The lowest BCUT2D eigenvalue weighted by Crippen LogP contribution is -2.57. The Labute approximate surface area is 129 Å². The molecule has 3 nitrogen and oxygen atoms in total. The van der Waals surface area contributed by atoms with Gasteiger partial charge in [-0.25, -0.2) is 0 Å². The number of benzene rings is 1. The van der Waals surface area contributed by atoms with Crippen molar-refractivity contribution in [1.29, 1.82) is 0 Å². The lowest BCUT2D eigenvalue weighted by atomic mass is 9.72. The van der Waals surface area contributed by atoms with Crippen molar-refractivity contribution in [3.8, 4) is 5.75 Å². The highest BCUT2D eigenvalue weighted by molar-refractivity contribution is 5.58. The molecular formula is C18H30N2O. The maximum Gasteiger partial charge on any atom is 0.142 e. The van der Waals surface area contributed by atoms with Crippen molar-refractivity contribution in [2.45, 2.75) is 70.9 Å². The number of anilines is 1. The van der Waals surface area contributed by atoms with Gasteiger partial charge in [0.25, 0.3) is 0 Å². The molecule has 3 N–H and O–H groups in total. The topological polar surface area (TPSA) is 47.3 Å². The van der Waals surface area contributed by atoms with E-state index in [1.807, 2.05) is 0 Å². The molecule has 1 heterocycles. The zero-order chi connectivity index (χ0) is 15.8. The minimum Gasteiger partial charge on any atom is -0.495 e. The Morgan fingerprint density at radius 1 is 1.19 bits per heavy atom. The summed E-state index contributed by atoms with van der Waals surface area (Å²) in [6, 6.07) is 4.26. The lowest BCUT2D eigenvalue weighted by Gasteiger charge is -2.47. The predicted octanol–water partition coefficient (Wildman–Crippen LogP) is 3.86. The van der Waals surface area contributed by atoms with Gasteiger partial charge in [0.05, 0.1) is 12.8 Å². The summed E-state index contributed by atoms with van der Waals surface area (Å²) in [4.78, 5) is 0. The zero-order valence-electron chi connectivity index (χ0n) is 14.3. The smallest absolute Gasteiger partial charge is 0.142 e. The fraction of sp³-hybridized carbons (Fsp3) is 0.667. The number of nitrogen functional groups attached to an aromatic ring is 1. The third-order valence-electron chi connectivity index (χ3n) is 4.50. The van der Waals surface area contributed by atoms with Gasteiger partial charge in [-0.1, -0.05) is 6.92 Å². The molecule has 0 spiro atoms. The van der Waals surface area contributed by atoms with E-state index >= 15 is 0 Å². The molecule has 0 amide bonds. The largest absolute Gasteiger partial charge is 0.495 e. The molecule has 1 aliphatic rings. The molecule has 1 saturated heterocycles. The molecule has 1 aliphatic heterocycles. The minimum absolute atomic E-state index is 0.145. The second-order valence-corrected chi connectivity index (χ2v) is 7.64. The first-order valence-electron chi connectivity index (χ1n) is 7.93. The Morgan fingerprint density at radius 3 is 2.24 bits per heavy atom. The van der Waals surface area contributed by atoms with Crippen LogP contribution >= 0.6 is 0 Å². The Hall–Kier alpha value is -1.22. The molecule has 3 heteroatoms. The first-order valence-corrected chi connectivity index (χ1v) is 7.93. The van der Waals surface area contributed by atoms with Crippen LogP contribution in [0.3, 0.4) is 0 Å². The molecule has 118 valence electrons. The summed E-state index contributed by atoms with van der Waals surface area (Å²) in [5.74, 6) is 1.34. The highest BCUT2D eigenvalue weighted by atomic mass is 16.5. The van der Waals surface area contributed by atoms with Gasteiger partial charge in [0.2, 0.25) is 0 Å². The number of nitrogens with two attached hydrogens (primary N) is 1. The van der Waals surface area contributed by atoms with Crippen molar-refractivity contribution in [2.24, 2.45) is 0 Å². The maximum atomic E-state index is 6.08. The molecule has 21 heavy (non-hydrogen) atoms. The standard InChI is InChI=1S/C18H30N2O/c1-7-12-8-15(19)16(21-6)9-14(12)13-10-17(2,3)20-18(4,5)11-13/h8-9,13,20H,7,10-11,19H2,1-6H3. The first-order chi connectivity index (χ1) is 9.67. The number of ether oxygens (including phenoxy) is 1. The van der Waals surface area contributed by atoms with E-state index in [1.54, 1.807) is 7.11 Å². The zero-order valence-corrected chi connectivity index (χ0v) is 14.3. The lowest BCUT2D eigenvalue weighted by molar-refractivity contribution is 0.161. The van der Waals surface area contributed by atoms with Gasteiger partial charge in [-0.2, -0.15) is 0 Å². The summed E-state index contributed by atoms with van der Waals surface area (Å²) in [6.45, 7) is 11.4. The summed E-state index contributed by atoms with van der Waals surface area (Å²) in [6.07, 6.45) is 3.28. The van der Waals surface area contributed by atoms with E-state index in [9.17, 15) is 0 Å². The van der Waals surface area contributed by atoms with E-state index in [0.29, 0.717) is 5.92 Å². The molecule has 0 bridgehead atoms. The Bertz CT molecular complexity index is 504. The number of methoxy groups -OCH3 is 1. The van der Waals surface area contributed by atoms with Crippen LogP contribution in [0.2, 0.25) is 0 Å². The summed E-state index contributed by atoms with van der Waals surface area (Å²) in [7, 11) is 1.69. The number of hydrogen-bond donors (Lipinski definition) is 2. The molecule has 0 radical (unpaired) electrons. The highest BCUT2D eigenvalue weighted by Gasteiger charge is 2.38. The number of rotatable bonds is 3. The Balaban J connectivity index is 2.44. The van der Waals surface area contributed by atoms with Gasteiger partial charge >= 0.3 is 0 Å². The Kier molecular flexibility index (Phi) is 4.25. The van der Waals surface area contributed by atoms with Crippen LogP contribution in [0.1, 0.15) is 64.5 Å². The van der Waals surface area contributed by atoms with E-state index < -0.39 is 0 Å². The molecule has 1 fully saturated rings. The fourth-order valence-electron chi connectivity index (χ4n) is 4.06. The van der Waals surface area contributed by atoms with Crippen LogP contribution in [0.25, 0.3) is 0 Å². The van der Waals surface area contributed by atoms with E-state index in [0.717, 1.165) is 30.7 Å². The summed E-state index contributed by atoms with van der Waals surface area (Å²) in [5.41, 5.74) is 9.87.